The summed E-state index contributed by atoms with van der Waals surface area (Å²) in [6.45, 7) is 3.81. The smallest absolute Gasteiger partial charge is 0.341 e. The van der Waals surface area contributed by atoms with E-state index in [1.54, 1.807) is 49.6 Å². The normalized spacial score (nSPS) is 11.0. The van der Waals surface area contributed by atoms with Gasteiger partial charge in [0.1, 0.15) is 11.3 Å². The zero-order valence-electron chi connectivity index (χ0n) is 13.8. The molecule has 0 saturated heterocycles. The number of benzene rings is 2. The molecule has 124 valence electrons. The number of aryl methyl sites for hydroxylation is 2. The third kappa shape index (κ3) is 4.01. The van der Waals surface area contributed by atoms with Gasteiger partial charge in [-0.1, -0.05) is 12.1 Å². The van der Waals surface area contributed by atoms with Gasteiger partial charge in [0.05, 0.1) is 7.11 Å². The Kier molecular flexibility index (Phi) is 5.37. The first-order valence-electron chi connectivity index (χ1n) is 7.38. The van der Waals surface area contributed by atoms with E-state index in [4.69, 9.17) is 4.74 Å². The minimum atomic E-state index is -1.28. The van der Waals surface area contributed by atoms with Crippen LogP contribution in [0, 0.1) is 13.8 Å². The fourth-order valence-corrected chi connectivity index (χ4v) is 2.11. The molecule has 2 aromatic rings. The highest BCUT2D eigenvalue weighted by atomic mass is 16.5. The molecule has 0 saturated carbocycles. The number of ketones is 1. The number of methoxy groups -OCH3 is 1. The molecule has 0 radical (unpaired) electrons. The minimum Gasteiger partial charge on any atom is -0.497 e. The van der Waals surface area contributed by atoms with Gasteiger partial charge in [-0.25, -0.2) is 4.79 Å². The lowest BCUT2D eigenvalue weighted by atomic mass is 10.00. The number of carboxylic acid groups (broad SMARTS) is 1. The lowest BCUT2D eigenvalue weighted by molar-refractivity contribution is -0.132. The van der Waals surface area contributed by atoms with Crippen LogP contribution >= 0.6 is 0 Å². The third-order valence-corrected chi connectivity index (χ3v) is 3.72. The van der Waals surface area contributed by atoms with Gasteiger partial charge in [-0.05, 0) is 55.3 Å². The van der Waals surface area contributed by atoms with E-state index in [2.05, 4.69) is 5.32 Å². The Bertz CT molecular complexity index is 792. The van der Waals surface area contributed by atoms with Crippen molar-refractivity contribution < 1.29 is 19.4 Å². The third-order valence-electron chi connectivity index (χ3n) is 3.72. The number of anilines is 1. The molecule has 24 heavy (non-hydrogen) atoms. The van der Waals surface area contributed by atoms with Gasteiger partial charge in [-0.3, -0.25) is 4.79 Å². The number of rotatable bonds is 6. The monoisotopic (exact) mass is 325 g/mol. The van der Waals surface area contributed by atoms with Gasteiger partial charge in [0.15, 0.2) is 0 Å². The number of hydrogen-bond donors (Lipinski definition) is 2. The van der Waals surface area contributed by atoms with Crippen LogP contribution in [0.1, 0.15) is 21.5 Å². The fraction of sp³-hybridized carbons (Fsp3) is 0.158. The summed E-state index contributed by atoms with van der Waals surface area (Å²) in [6, 6.07) is 12.1. The number of ether oxygens (including phenoxy) is 1. The van der Waals surface area contributed by atoms with Crippen LogP contribution < -0.4 is 10.1 Å². The van der Waals surface area contributed by atoms with Crippen molar-refractivity contribution in [2.75, 3.05) is 12.4 Å². The van der Waals surface area contributed by atoms with Crippen molar-refractivity contribution >= 4 is 17.4 Å². The summed E-state index contributed by atoms with van der Waals surface area (Å²) < 4.78 is 5.06. The molecule has 0 heterocycles. The average Bonchev–Trinajstić information content (AvgIpc) is 2.57. The van der Waals surface area contributed by atoms with Crippen molar-refractivity contribution in [1.29, 1.82) is 0 Å². The lowest BCUT2D eigenvalue weighted by Crippen LogP contribution is -2.14. The number of hydrogen-bond acceptors (Lipinski definition) is 4. The SMILES string of the molecule is COc1ccc(NC=C(C(=O)O)C(=O)c2ccc(C)c(C)c2)cc1. The Labute approximate surface area is 140 Å². The molecule has 0 atom stereocenters. The molecular formula is C19H19NO4. The van der Waals surface area contributed by atoms with Gasteiger partial charge in [-0.15, -0.1) is 0 Å². The molecular weight excluding hydrogens is 306 g/mol. The van der Waals surface area contributed by atoms with E-state index < -0.39 is 11.8 Å². The van der Waals surface area contributed by atoms with Crippen molar-refractivity contribution in [3.8, 4) is 5.75 Å². The maximum atomic E-state index is 12.5. The molecule has 0 aliphatic carbocycles. The van der Waals surface area contributed by atoms with E-state index >= 15 is 0 Å². The molecule has 0 amide bonds. The maximum absolute atomic E-state index is 12.5. The van der Waals surface area contributed by atoms with Crippen LogP contribution in [0.2, 0.25) is 0 Å². The summed E-state index contributed by atoms with van der Waals surface area (Å²) in [5.74, 6) is -1.12. The highest BCUT2D eigenvalue weighted by molar-refractivity contribution is 6.23. The Balaban J connectivity index is 2.25. The van der Waals surface area contributed by atoms with Crippen LogP contribution in [0.4, 0.5) is 5.69 Å². The van der Waals surface area contributed by atoms with Crippen molar-refractivity contribution in [1.82, 2.24) is 0 Å². The van der Waals surface area contributed by atoms with Crippen molar-refractivity contribution in [3.05, 3.63) is 70.9 Å². The van der Waals surface area contributed by atoms with Gasteiger partial charge < -0.3 is 15.2 Å². The second-order valence-electron chi connectivity index (χ2n) is 5.36. The standard InChI is InChI=1S/C19H19NO4/c1-12-4-5-14(10-13(12)2)18(21)17(19(22)23)11-20-15-6-8-16(24-3)9-7-15/h4-11,20H,1-3H3,(H,22,23). The van der Waals surface area contributed by atoms with Gasteiger partial charge in [0, 0.05) is 17.5 Å². The first-order chi connectivity index (χ1) is 11.4. The predicted octanol–water partition coefficient (Wildman–Crippen LogP) is 3.58. The maximum Gasteiger partial charge on any atom is 0.341 e. The molecule has 0 bridgehead atoms. The quantitative estimate of drug-likeness (QED) is 0.367. The average molecular weight is 325 g/mol. The highest BCUT2D eigenvalue weighted by Crippen LogP contribution is 2.17. The number of Topliss-reactive ketones (excluding diaryl/α,β-unsaturated/α-hetero) is 1. The van der Waals surface area contributed by atoms with E-state index in [1.165, 1.54) is 6.20 Å². The van der Waals surface area contributed by atoms with Crippen molar-refractivity contribution in [2.24, 2.45) is 0 Å². The zero-order chi connectivity index (χ0) is 17.7. The summed E-state index contributed by atoms with van der Waals surface area (Å²) in [6.07, 6.45) is 1.21. The van der Waals surface area contributed by atoms with E-state index in [9.17, 15) is 14.7 Å². The molecule has 0 unspecified atom stereocenters. The predicted molar refractivity (Wildman–Crippen MR) is 92.6 cm³/mol. The van der Waals surface area contributed by atoms with Crippen LogP contribution in [0.25, 0.3) is 0 Å². The summed E-state index contributed by atoms with van der Waals surface area (Å²) in [4.78, 5) is 23.9. The Hall–Kier alpha value is -3.08. The molecule has 0 fully saturated rings. The molecule has 0 aliphatic heterocycles. The second kappa shape index (κ2) is 7.46. The Morgan fingerprint density at radius 2 is 1.71 bits per heavy atom. The summed E-state index contributed by atoms with van der Waals surface area (Å²) in [7, 11) is 1.56. The molecule has 0 spiro atoms. The number of nitrogens with one attached hydrogen (secondary N) is 1. The van der Waals surface area contributed by atoms with E-state index in [1.807, 2.05) is 13.8 Å². The minimum absolute atomic E-state index is 0.325. The number of aliphatic carboxylic acids is 1. The summed E-state index contributed by atoms with van der Waals surface area (Å²) in [5, 5.41) is 12.2. The highest BCUT2D eigenvalue weighted by Gasteiger charge is 2.19. The largest absolute Gasteiger partial charge is 0.497 e. The van der Waals surface area contributed by atoms with Crippen LogP contribution in [0.3, 0.4) is 0 Å². The van der Waals surface area contributed by atoms with Gasteiger partial charge in [0.25, 0.3) is 0 Å². The van der Waals surface area contributed by atoms with E-state index in [0.717, 1.165) is 11.1 Å². The molecule has 2 N–H and O–H groups in total. The number of carboxylic acids is 1. The Morgan fingerprint density at radius 3 is 2.25 bits per heavy atom. The number of carbonyl (C=O) groups excluding carboxylic acids is 1. The van der Waals surface area contributed by atoms with Gasteiger partial charge in [0.2, 0.25) is 5.78 Å². The molecule has 0 aromatic heterocycles. The molecule has 2 rings (SSSR count). The Morgan fingerprint density at radius 1 is 1.04 bits per heavy atom. The van der Waals surface area contributed by atoms with Crippen LogP contribution in [-0.2, 0) is 4.79 Å². The van der Waals surface area contributed by atoms with Gasteiger partial charge >= 0.3 is 5.97 Å². The molecule has 5 heteroatoms. The van der Waals surface area contributed by atoms with E-state index in [-0.39, 0.29) is 5.57 Å². The van der Waals surface area contributed by atoms with E-state index in [0.29, 0.717) is 17.0 Å². The number of carbonyl (C=O) groups is 2. The molecule has 0 aliphatic rings. The summed E-state index contributed by atoms with van der Waals surface area (Å²) >= 11 is 0. The zero-order valence-corrected chi connectivity index (χ0v) is 13.8. The summed E-state index contributed by atoms with van der Waals surface area (Å²) in [5.41, 5.74) is 2.66. The van der Waals surface area contributed by atoms with Crippen molar-refractivity contribution in [2.45, 2.75) is 13.8 Å². The fourth-order valence-electron chi connectivity index (χ4n) is 2.11. The van der Waals surface area contributed by atoms with Crippen LogP contribution in [0.15, 0.2) is 54.2 Å². The topological polar surface area (TPSA) is 75.6 Å². The first-order valence-corrected chi connectivity index (χ1v) is 7.38. The molecule has 2 aromatic carbocycles. The van der Waals surface area contributed by atoms with Crippen LogP contribution in [0.5, 0.6) is 5.75 Å². The van der Waals surface area contributed by atoms with Gasteiger partial charge in [-0.2, -0.15) is 0 Å². The first kappa shape index (κ1) is 17.3. The van der Waals surface area contributed by atoms with Crippen LogP contribution in [-0.4, -0.2) is 24.0 Å². The van der Waals surface area contributed by atoms with Crippen molar-refractivity contribution in [3.63, 3.8) is 0 Å². The molecule has 5 nitrogen and oxygen atoms in total. The lowest BCUT2D eigenvalue weighted by Gasteiger charge is -2.07. The second-order valence-corrected chi connectivity index (χ2v) is 5.36.